The van der Waals surface area contributed by atoms with Crippen molar-refractivity contribution in [2.24, 2.45) is 0 Å². The van der Waals surface area contributed by atoms with Gasteiger partial charge >= 0.3 is 0 Å². The zero-order valence-corrected chi connectivity index (χ0v) is 5.80. The Balaban J connectivity index is 3.20. The number of carbonyl (C=O) groups excluding carboxylic acids is 1. The molecule has 1 unspecified atom stereocenters. The van der Waals surface area contributed by atoms with Gasteiger partial charge in [-0.25, -0.2) is 0 Å². The summed E-state index contributed by atoms with van der Waals surface area (Å²) in [5.41, 5.74) is 0. The molecule has 0 aromatic carbocycles. The minimum absolute atomic E-state index is 0.287. The predicted octanol–water partition coefficient (Wildman–Crippen LogP) is 1.20. The summed E-state index contributed by atoms with van der Waals surface area (Å²) in [7, 11) is 0. The second kappa shape index (κ2) is 5.76. The van der Waals surface area contributed by atoms with E-state index in [1.165, 1.54) is 0 Å². The fourth-order valence-electron chi connectivity index (χ4n) is 0.460. The molecule has 0 aliphatic heterocycles. The van der Waals surface area contributed by atoms with Crippen molar-refractivity contribution in [2.45, 2.75) is 25.9 Å². The summed E-state index contributed by atoms with van der Waals surface area (Å²) >= 11 is 0. The quantitative estimate of drug-likeness (QED) is 0.521. The standard InChI is InChI=1S/C7H13O2/c1-3-5-9-7(4-2)6-8/h6-7H,2-5H2,1H3. The van der Waals surface area contributed by atoms with Crippen molar-refractivity contribution in [3.63, 3.8) is 0 Å². The molecule has 1 radical (unpaired) electrons. The van der Waals surface area contributed by atoms with Crippen molar-refractivity contribution in [3.8, 4) is 0 Å². The predicted molar refractivity (Wildman–Crippen MR) is 36.1 cm³/mol. The smallest absolute Gasteiger partial charge is 0.148 e. The highest BCUT2D eigenvalue weighted by molar-refractivity contribution is 5.55. The Morgan fingerprint density at radius 1 is 1.78 bits per heavy atom. The van der Waals surface area contributed by atoms with Crippen LogP contribution >= 0.6 is 0 Å². The fraction of sp³-hybridized carbons (Fsp3) is 0.714. The second-order valence-electron chi connectivity index (χ2n) is 1.83. The molecule has 0 saturated heterocycles. The summed E-state index contributed by atoms with van der Waals surface area (Å²) in [4.78, 5) is 10.1. The highest BCUT2D eigenvalue weighted by Gasteiger charge is 2.00. The van der Waals surface area contributed by atoms with Crippen molar-refractivity contribution >= 4 is 6.29 Å². The van der Waals surface area contributed by atoms with Crippen molar-refractivity contribution in [1.29, 1.82) is 0 Å². The Morgan fingerprint density at radius 2 is 2.44 bits per heavy atom. The van der Waals surface area contributed by atoms with Gasteiger partial charge in [0.05, 0.1) is 0 Å². The molecule has 9 heavy (non-hydrogen) atoms. The van der Waals surface area contributed by atoms with Gasteiger partial charge in [0.15, 0.2) is 0 Å². The molecule has 1 atom stereocenters. The molecule has 2 heteroatoms. The summed E-state index contributed by atoms with van der Waals surface area (Å²) < 4.78 is 5.06. The Hall–Kier alpha value is -0.370. The molecule has 0 spiro atoms. The average Bonchev–Trinajstić information content (AvgIpc) is 1.91. The van der Waals surface area contributed by atoms with Crippen molar-refractivity contribution in [3.05, 3.63) is 6.92 Å². The first-order valence-electron chi connectivity index (χ1n) is 3.21. The summed E-state index contributed by atoms with van der Waals surface area (Å²) in [6.07, 6.45) is 1.99. The minimum Gasteiger partial charge on any atom is -0.371 e. The molecule has 53 valence electrons. The lowest BCUT2D eigenvalue weighted by molar-refractivity contribution is -0.117. The molecule has 0 N–H and O–H groups in total. The van der Waals surface area contributed by atoms with Gasteiger partial charge in [0.25, 0.3) is 0 Å². The molecule has 0 bridgehead atoms. The van der Waals surface area contributed by atoms with Crippen molar-refractivity contribution in [2.75, 3.05) is 6.61 Å². The molecule has 0 heterocycles. The number of hydrogen-bond donors (Lipinski definition) is 0. The topological polar surface area (TPSA) is 26.3 Å². The van der Waals surface area contributed by atoms with Crippen LogP contribution < -0.4 is 0 Å². The van der Waals surface area contributed by atoms with E-state index in [1.54, 1.807) is 0 Å². The molecule has 0 amide bonds. The zero-order valence-electron chi connectivity index (χ0n) is 5.80. The van der Waals surface area contributed by atoms with Crippen LogP contribution in [-0.2, 0) is 9.53 Å². The maximum absolute atomic E-state index is 10.1. The van der Waals surface area contributed by atoms with E-state index in [9.17, 15) is 4.79 Å². The van der Waals surface area contributed by atoms with Gasteiger partial charge in [-0.15, -0.1) is 0 Å². The van der Waals surface area contributed by atoms with Crippen LogP contribution in [0.1, 0.15) is 19.8 Å². The van der Waals surface area contributed by atoms with Gasteiger partial charge in [-0.1, -0.05) is 13.8 Å². The first-order chi connectivity index (χ1) is 4.35. The van der Waals surface area contributed by atoms with E-state index >= 15 is 0 Å². The van der Waals surface area contributed by atoms with Crippen LogP contribution in [-0.4, -0.2) is 19.0 Å². The van der Waals surface area contributed by atoms with Crippen molar-refractivity contribution in [1.82, 2.24) is 0 Å². The lowest BCUT2D eigenvalue weighted by Gasteiger charge is -2.06. The molecular formula is C7H13O2. The lowest BCUT2D eigenvalue weighted by atomic mass is 10.3. The SMILES string of the molecule is [CH2]CC(C=O)OCCC. The molecule has 0 aliphatic carbocycles. The fourth-order valence-corrected chi connectivity index (χ4v) is 0.460. The van der Waals surface area contributed by atoms with Crippen LogP contribution in [0, 0.1) is 6.92 Å². The van der Waals surface area contributed by atoms with Crippen molar-refractivity contribution < 1.29 is 9.53 Å². The maximum atomic E-state index is 10.1. The number of rotatable bonds is 5. The van der Waals surface area contributed by atoms with E-state index in [0.717, 1.165) is 12.7 Å². The molecule has 0 fully saturated rings. The number of carbonyl (C=O) groups is 1. The minimum atomic E-state index is -0.287. The van der Waals surface area contributed by atoms with E-state index in [4.69, 9.17) is 4.74 Å². The summed E-state index contributed by atoms with van der Waals surface area (Å²) in [6, 6.07) is 0. The summed E-state index contributed by atoms with van der Waals surface area (Å²) in [5, 5.41) is 0. The van der Waals surface area contributed by atoms with Crippen LogP contribution in [0.25, 0.3) is 0 Å². The van der Waals surface area contributed by atoms with Gasteiger partial charge in [0.2, 0.25) is 0 Å². The van der Waals surface area contributed by atoms with Crippen LogP contribution in [0.2, 0.25) is 0 Å². The Labute approximate surface area is 56.2 Å². The average molecular weight is 129 g/mol. The first kappa shape index (κ1) is 8.63. The third kappa shape index (κ3) is 4.15. The Bertz CT molecular complexity index is 71.3. The Kier molecular flexibility index (Phi) is 5.52. The highest BCUT2D eigenvalue weighted by atomic mass is 16.5. The van der Waals surface area contributed by atoms with Crippen LogP contribution in [0.15, 0.2) is 0 Å². The van der Waals surface area contributed by atoms with Gasteiger partial charge in [-0.05, 0) is 12.8 Å². The lowest BCUT2D eigenvalue weighted by Crippen LogP contribution is -2.13. The highest BCUT2D eigenvalue weighted by Crippen LogP contribution is 1.93. The van der Waals surface area contributed by atoms with E-state index in [0.29, 0.717) is 13.0 Å². The van der Waals surface area contributed by atoms with Gasteiger partial charge in [-0.3, -0.25) is 0 Å². The largest absolute Gasteiger partial charge is 0.371 e. The molecule has 0 aromatic rings. The number of aldehydes is 1. The molecule has 0 aliphatic rings. The summed E-state index contributed by atoms with van der Waals surface area (Å²) in [5.74, 6) is 0. The second-order valence-corrected chi connectivity index (χ2v) is 1.83. The van der Waals surface area contributed by atoms with Gasteiger partial charge in [0, 0.05) is 6.61 Å². The van der Waals surface area contributed by atoms with Gasteiger partial charge in [0.1, 0.15) is 12.4 Å². The molecule has 0 aromatic heterocycles. The molecule has 2 nitrogen and oxygen atoms in total. The molecular weight excluding hydrogens is 116 g/mol. The summed E-state index contributed by atoms with van der Waals surface area (Å²) in [6.45, 7) is 6.21. The third-order valence-corrected chi connectivity index (χ3v) is 0.972. The van der Waals surface area contributed by atoms with Crippen LogP contribution in [0.4, 0.5) is 0 Å². The number of ether oxygens (including phenoxy) is 1. The maximum Gasteiger partial charge on any atom is 0.148 e. The van der Waals surface area contributed by atoms with Gasteiger partial charge < -0.3 is 9.53 Å². The Morgan fingerprint density at radius 3 is 2.78 bits per heavy atom. The zero-order chi connectivity index (χ0) is 7.11. The van der Waals surface area contributed by atoms with Gasteiger partial charge in [-0.2, -0.15) is 0 Å². The molecule has 0 saturated carbocycles. The number of hydrogen-bond acceptors (Lipinski definition) is 2. The normalized spacial score (nSPS) is 13.1. The first-order valence-corrected chi connectivity index (χ1v) is 3.21. The van der Waals surface area contributed by atoms with Crippen LogP contribution in [0.3, 0.4) is 0 Å². The van der Waals surface area contributed by atoms with E-state index in [2.05, 4.69) is 6.92 Å². The van der Waals surface area contributed by atoms with Crippen LogP contribution in [0.5, 0.6) is 0 Å². The van der Waals surface area contributed by atoms with E-state index in [1.807, 2.05) is 6.92 Å². The monoisotopic (exact) mass is 129 g/mol. The third-order valence-electron chi connectivity index (χ3n) is 0.972. The molecule has 0 rings (SSSR count). The van der Waals surface area contributed by atoms with E-state index in [-0.39, 0.29) is 6.10 Å². The van der Waals surface area contributed by atoms with E-state index < -0.39 is 0 Å².